The Bertz CT molecular complexity index is 7180. The smallest absolute Gasteiger partial charge is 0.423 e. The number of nitrogens with zero attached hydrogens (tertiary/aromatic N) is 6. The van der Waals surface area contributed by atoms with Crippen LogP contribution in [0.2, 0.25) is 5.02 Å². The molecule has 0 aliphatic heterocycles. The summed E-state index contributed by atoms with van der Waals surface area (Å²) in [6.07, 6.45) is 13.6. The van der Waals surface area contributed by atoms with Gasteiger partial charge in [0.15, 0.2) is 34.9 Å². The van der Waals surface area contributed by atoms with Gasteiger partial charge in [0.05, 0.1) is 0 Å². The molecule has 10 aliphatic carbocycles. The molecule has 10 heteroatoms. The van der Waals surface area contributed by atoms with Crippen LogP contribution in [-0.2, 0) is 10.8 Å². The second kappa shape index (κ2) is 34.0. The summed E-state index contributed by atoms with van der Waals surface area (Å²) in [6.45, 7) is 0. The second-order valence-corrected chi connectivity index (χ2v) is 38.5. The fourth-order valence-corrected chi connectivity index (χ4v) is 25.4. The zero-order valence-electron chi connectivity index (χ0n) is 73.3. The van der Waals surface area contributed by atoms with E-state index in [1.165, 1.54) is 153 Å². The van der Waals surface area contributed by atoms with Crippen LogP contribution in [-0.4, -0.2) is 47.1 Å². The highest BCUT2D eigenvalue weighted by Crippen LogP contribution is 2.72. The maximum absolute atomic E-state index is 9.96. The SMILES string of the molecule is Clc1cc(-c2ccc(-c3ccccc3)cc2)cc(-c2nc(-c3ccccc3)nc(-c3ccccc3)n2)c1.OB(O)c1ccc2c(c1)C1(c3ccc(-c4ccccc4)cc3-2)C2CC3CC(C2)CC1C3.c1ccc(-c2ccc(-c3cc(-c4ccc5c(c4)C4(c6ccc(-c7ccccc7)cc6-5)C5CC6CC(C5)CC4C6)cc(-c4nc(-c5ccccc5)nc(-c5ccccc5)n4)c3)cc2)cc1. The molecule has 0 saturated heterocycles. The summed E-state index contributed by atoms with van der Waals surface area (Å²) in [7, 11) is -1.41. The van der Waals surface area contributed by atoms with Crippen LogP contribution in [0.4, 0.5) is 0 Å². The predicted molar refractivity (Wildman–Crippen MR) is 538 cm³/mol. The third-order valence-electron chi connectivity index (χ3n) is 30.6. The first-order valence-electron chi connectivity index (χ1n) is 47.1. The van der Waals surface area contributed by atoms with Gasteiger partial charge in [-0.05, 0) is 294 Å². The third-order valence-corrected chi connectivity index (χ3v) is 30.8. The number of hydrogen-bond acceptors (Lipinski definition) is 8. The number of benzene rings is 16. The van der Waals surface area contributed by atoms with Crippen molar-refractivity contribution < 1.29 is 10.0 Å². The zero-order chi connectivity index (χ0) is 88.0. The van der Waals surface area contributed by atoms with Crippen LogP contribution >= 0.6 is 11.6 Å². The summed E-state index contributed by atoms with van der Waals surface area (Å²) in [5.41, 5.74) is 34.5. The highest BCUT2D eigenvalue weighted by molar-refractivity contribution is 6.58. The first-order chi connectivity index (χ1) is 65.0. The van der Waals surface area contributed by atoms with Crippen LogP contribution in [0.1, 0.15) is 86.5 Å². The Morgan fingerprint density at radius 3 is 0.773 bits per heavy atom. The maximum Gasteiger partial charge on any atom is 0.488 e. The number of aromatic nitrogens is 6. The van der Waals surface area contributed by atoms with Crippen LogP contribution in [0.25, 0.3) is 168 Å². The lowest BCUT2D eigenvalue weighted by molar-refractivity contribution is -0.0399. The summed E-state index contributed by atoms with van der Waals surface area (Å²) >= 11 is 6.62. The molecule has 0 radical (unpaired) electrons. The summed E-state index contributed by atoms with van der Waals surface area (Å²) < 4.78 is 0. The molecule has 18 aromatic rings. The van der Waals surface area contributed by atoms with E-state index < -0.39 is 7.12 Å². The molecule has 2 N–H and O–H groups in total. The van der Waals surface area contributed by atoms with Crippen molar-refractivity contribution in [3.05, 3.63) is 428 Å². The average Bonchev–Trinajstić information content (AvgIpc) is 1.50. The Balaban J connectivity index is 0.000000119. The van der Waals surface area contributed by atoms with Gasteiger partial charge in [0.2, 0.25) is 0 Å². The van der Waals surface area contributed by atoms with Crippen LogP contribution in [0.3, 0.4) is 0 Å². The molecule has 0 amide bonds. The highest BCUT2D eigenvalue weighted by atomic mass is 35.5. The molecule has 0 unspecified atom stereocenters. The van der Waals surface area contributed by atoms with E-state index in [0.29, 0.717) is 69.1 Å². The van der Waals surface area contributed by atoms with Gasteiger partial charge in [-0.15, -0.1) is 0 Å². The van der Waals surface area contributed by atoms with Crippen LogP contribution in [0.5, 0.6) is 0 Å². The lowest BCUT2D eigenvalue weighted by Crippen LogP contribution is -2.55. The van der Waals surface area contributed by atoms with E-state index in [1.807, 2.05) is 121 Å². The van der Waals surface area contributed by atoms with Crippen molar-refractivity contribution in [2.24, 2.45) is 47.3 Å². The van der Waals surface area contributed by atoms with Crippen molar-refractivity contribution >= 4 is 24.2 Å². The Morgan fingerprint density at radius 2 is 0.432 bits per heavy atom. The van der Waals surface area contributed by atoms with Crippen LogP contribution in [0.15, 0.2) is 400 Å². The van der Waals surface area contributed by atoms with Crippen LogP contribution < -0.4 is 5.46 Å². The Morgan fingerprint density at radius 1 is 0.197 bits per heavy atom. The van der Waals surface area contributed by atoms with Crippen molar-refractivity contribution in [3.8, 4) is 168 Å². The summed E-state index contributed by atoms with van der Waals surface area (Å²) in [5.74, 6) is 10.1. The van der Waals surface area contributed by atoms with E-state index >= 15 is 0 Å². The fourth-order valence-electron chi connectivity index (χ4n) is 25.2. The molecule has 132 heavy (non-hydrogen) atoms. The van der Waals surface area contributed by atoms with Gasteiger partial charge in [-0.2, -0.15) is 0 Å². The molecule has 28 rings (SSSR count). The summed E-state index contributed by atoms with van der Waals surface area (Å²) in [6, 6.07) is 142. The zero-order valence-corrected chi connectivity index (χ0v) is 74.1. The topological polar surface area (TPSA) is 118 Å². The minimum atomic E-state index is -1.41. The van der Waals surface area contributed by atoms with Gasteiger partial charge in [-0.1, -0.05) is 357 Å². The Kier molecular flexibility index (Phi) is 20.9. The minimum Gasteiger partial charge on any atom is -0.423 e. The molecule has 2 aromatic heterocycles. The van der Waals surface area contributed by atoms with E-state index in [0.717, 1.165) is 79.3 Å². The summed E-state index contributed by atoms with van der Waals surface area (Å²) in [4.78, 5) is 30.0. The average molecular weight is 1720 g/mol. The largest absolute Gasteiger partial charge is 0.488 e. The molecular weight excluding hydrogens is 1630 g/mol. The van der Waals surface area contributed by atoms with Crippen molar-refractivity contribution in [1.82, 2.24) is 29.9 Å². The fraction of sp³-hybridized carbons (Fsp3) is 0.164. The summed E-state index contributed by atoms with van der Waals surface area (Å²) in [5, 5.41) is 20.5. The van der Waals surface area contributed by atoms with Gasteiger partial charge in [0.1, 0.15) is 0 Å². The predicted octanol–water partition coefficient (Wildman–Crippen LogP) is 28.9. The molecule has 636 valence electrons. The molecule has 8 fully saturated rings. The number of fused-ring (bicyclic) bond motifs is 6. The minimum absolute atomic E-state index is 0.0421. The molecule has 8 nitrogen and oxygen atoms in total. The van der Waals surface area contributed by atoms with Crippen LogP contribution in [0, 0.1) is 47.3 Å². The van der Waals surface area contributed by atoms with Crippen molar-refractivity contribution in [1.29, 1.82) is 0 Å². The lowest BCUT2D eigenvalue weighted by Gasteiger charge is -2.61. The molecule has 2 heterocycles. The van der Waals surface area contributed by atoms with Crippen molar-refractivity contribution in [3.63, 3.8) is 0 Å². The molecule has 2 spiro atoms. The molecule has 8 bridgehead atoms. The van der Waals surface area contributed by atoms with Crippen molar-refractivity contribution in [2.75, 3.05) is 0 Å². The first kappa shape index (κ1) is 81.1. The van der Waals surface area contributed by atoms with E-state index in [4.69, 9.17) is 41.5 Å². The third kappa shape index (κ3) is 14.7. The van der Waals surface area contributed by atoms with E-state index in [9.17, 15) is 10.0 Å². The number of halogens is 1. The number of rotatable bonds is 14. The van der Waals surface area contributed by atoms with Gasteiger partial charge in [0, 0.05) is 49.2 Å². The molecule has 8 saturated carbocycles. The number of hydrogen-bond donors (Lipinski definition) is 2. The van der Waals surface area contributed by atoms with Gasteiger partial charge in [-0.3, -0.25) is 0 Å². The van der Waals surface area contributed by atoms with E-state index in [2.05, 4.69) is 279 Å². The quantitative estimate of drug-likeness (QED) is 0.103. The Hall–Kier alpha value is -14.2. The molecule has 16 aromatic carbocycles. The normalized spacial score (nSPS) is 20.8. The molecule has 0 atom stereocenters. The molecular formula is C122H96BClN6O2. The van der Waals surface area contributed by atoms with Gasteiger partial charge in [-0.25, -0.2) is 29.9 Å². The lowest BCUT2D eigenvalue weighted by atomic mass is 9.43. The van der Waals surface area contributed by atoms with Crippen molar-refractivity contribution in [2.45, 2.75) is 75.0 Å². The monoisotopic (exact) mass is 1720 g/mol. The maximum atomic E-state index is 9.96. The van der Waals surface area contributed by atoms with E-state index in [-0.39, 0.29) is 10.8 Å². The van der Waals surface area contributed by atoms with Gasteiger partial charge < -0.3 is 10.0 Å². The van der Waals surface area contributed by atoms with Gasteiger partial charge >= 0.3 is 7.12 Å². The van der Waals surface area contributed by atoms with E-state index in [1.54, 1.807) is 11.1 Å². The van der Waals surface area contributed by atoms with Gasteiger partial charge in [0.25, 0.3) is 0 Å². The standard InChI is InChI=1S/C61H47N3.C33H22ClN3.C28H27BO2/c1-5-13-41(14-6-1)43-21-23-44(24-22-43)49-34-50(36-51(35-49)60-63-58(45-17-9-3-10-18-45)62-59(64-60)46-19-11-4-12-20-46)48-25-27-54-55-37-47(42-15-7-2-8-16-42)26-28-56(55)61(57(54)38-48)52-30-39-29-40(32-52)33-53(61)31-39;34-30-21-28(25-18-16-24(17-19-25)23-10-4-1-5-11-23)20-29(22-30)33-36-31(26-12-6-2-7-13-26)35-32(37-33)27-14-8-3-9-15-27;30-29(31)23-7-8-24-25-15-20(19-4-2-1-3-5-19)6-9-26(25)28(27(24)16-23)21-11-17-10-18(13-21)14-22(28)12-17/h1-28,34-40,52-53H,29-33H2;1-22H;1-9,15-18,21-22,30-31H,10-14H2. The molecule has 10 aliphatic rings. The first-order valence-corrected chi connectivity index (χ1v) is 47.5. The highest BCUT2D eigenvalue weighted by Gasteiger charge is 2.63. The second-order valence-electron chi connectivity index (χ2n) is 38.0. The Labute approximate surface area is 777 Å².